The Morgan fingerprint density at radius 1 is 1.27 bits per heavy atom. The molecule has 1 N–H and O–H groups in total. The van der Waals surface area contributed by atoms with Crippen LogP contribution >= 0.6 is 11.8 Å². The van der Waals surface area contributed by atoms with E-state index in [1.165, 1.54) is 23.9 Å². The van der Waals surface area contributed by atoms with Gasteiger partial charge in [0.1, 0.15) is 6.61 Å². The van der Waals surface area contributed by atoms with E-state index in [0.717, 1.165) is 16.8 Å². The van der Waals surface area contributed by atoms with E-state index in [9.17, 15) is 9.18 Å². The number of thioether (sulfide) groups is 1. The first-order valence-corrected chi connectivity index (χ1v) is 10.5. The Balaban J connectivity index is 1.98. The number of hydrogen-bond donors (Lipinski definition) is 1. The molecular weight excluding hydrogens is 403 g/mol. The van der Waals surface area contributed by atoms with Crippen LogP contribution in [0.25, 0.3) is 6.08 Å². The van der Waals surface area contributed by atoms with Crippen LogP contribution in [0.2, 0.25) is 0 Å². The zero-order valence-corrected chi connectivity index (χ0v) is 18.3. The number of aliphatic hydroxyl groups excluding tert-OH is 1. The second-order valence-electron chi connectivity index (χ2n) is 7.24. The highest BCUT2D eigenvalue weighted by Gasteiger charge is 2.35. The lowest BCUT2D eigenvalue weighted by Gasteiger charge is -2.19. The van der Waals surface area contributed by atoms with E-state index < -0.39 is 5.82 Å². The number of amidine groups is 1. The summed E-state index contributed by atoms with van der Waals surface area (Å²) in [6.45, 7) is 7.74. The summed E-state index contributed by atoms with van der Waals surface area (Å²) in [5, 5.41) is 9.43. The molecule has 2 aromatic carbocycles. The highest BCUT2D eigenvalue weighted by molar-refractivity contribution is 8.19. The van der Waals surface area contributed by atoms with Crippen LogP contribution in [-0.4, -0.2) is 35.4 Å². The SMILES string of the molecule is Cc1cccc(N2C(=O)/C(=C/c3ccc(OCCO)c(F)c3)SC2=NC(C)C)c1C. The van der Waals surface area contributed by atoms with Crippen LogP contribution in [-0.2, 0) is 4.79 Å². The summed E-state index contributed by atoms with van der Waals surface area (Å²) in [6.07, 6.45) is 1.66. The molecule has 2 aromatic rings. The number of amides is 1. The minimum absolute atomic E-state index is 0.0194. The average molecular weight is 429 g/mol. The van der Waals surface area contributed by atoms with Crippen molar-refractivity contribution in [3.63, 3.8) is 0 Å². The van der Waals surface area contributed by atoms with Gasteiger partial charge in [-0.05, 0) is 80.4 Å². The fourth-order valence-corrected chi connectivity index (χ4v) is 4.11. The molecule has 5 nitrogen and oxygen atoms in total. The summed E-state index contributed by atoms with van der Waals surface area (Å²) in [7, 11) is 0. The summed E-state index contributed by atoms with van der Waals surface area (Å²) in [5.74, 6) is -0.666. The molecule has 30 heavy (non-hydrogen) atoms. The van der Waals surface area contributed by atoms with Crippen LogP contribution in [0.3, 0.4) is 0 Å². The van der Waals surface area contributed by atoms with Crippen LogP contribution in [0.1, 0.15) is 30.5 Å². The van der Waals surface area contributed by atoms with Gasteiger partial charge < -0.3 is 9.84 Å². The molecule has 0 aliphatic carbocycles. The van der Waals surface area contributed by atoms with Crippen LogP contribution in [0.5, 0.6) is 5.75 Å². The minimum Gasteiger partial charge on any atom is -0.488 e. The number of aliphatic hydroxyl groups is 1. The Hall–Kier alpha value is -2.64. The molecule has 0 radical (unpaired) electrons. The maximum absolute atomic E-state index is 14.3. The third kappa shape index (κ3) is 4.74. The largest absolute Gasteiger partial charge is 0.488 e. The van der Waals surface area contributed by atoms with Gasteiger partial charge in [-0.25, -0.2) is 4.39 Å². The van der Waals surface area contributed by atoms with Crippen molar-refractivity contribution >= 4 is 34.6 Å². The predicted molar refractivity (Wildman–Crippen MR) is 121 cm³/mol. The van der Waals surface area contributed by atoms with Crippen LogP contribution in [0.4, 0.5) is 10.1 Å². The standard InChI is InChI=1S/C23H25FN2O3S/c1-14(2)25-23-26(19-7-5-6-15(3)16(19)4)22(28)21(30-23)13-17-8-9-20(18(24)12-17)29-11-10-27/h5-9,12-14,27H,10-11H2,1-4H3/b21-13-,25-23?. The highest BCUT2D eigenvalue weighted by Crippen LogP contribution is 2.38. The number of ether oxygens (including phenoxy) is 1. The first-order chi connectivity index (χ1) is 14.3. The van der Waals surface area contributed by atoms with Crippen molar-refractivity contribution in [3.8, 4) is 5.75 Å². The fourth-order valence-electron chi connectivity index (χ4n) is 3.00. The molecule has 3 rings (SSSR count). The van der Waals surface area contributed by atoms with Gasteiger partial charge in [0.2, 0.25) is 0 Å². The van der Waals surface area contributed by atoms with Crippen LogP contribution < -0.4 is 9.64 Å². The van der Waals surface area contributed by atoms with E-state index in [0.29, 0.717) is 15.6 Å². The van der Waals surface area contributed by atoms with Gasteiger partial charge in [-0.2, -0.15) is 0 Å². The molecule has 1 aliphatic rings. The number of rotatable bonds is 6. The Kier molecular flexibility index (Phi) is 6.95. The number of benzene rings is 2. The van der Waals surface area contributed by atoms with E-state index in [1.807, 2.05) is 45.9 Å². The zero-order valence-electron chi connectivity index (χ0n) is 17.5. The molecule has 1 fully saturated rings. The van der Waals surface area contributed by atoms with Gasteiger partial charge in [0.05, 0.1) is 17.2 Å². The molecular formula is C23H25FN2O3S. The second kappa shape index (κ2) is 9.45. The molecule has 0 unspecified atom stereocenters. The van der Waals surface area contributed by atoms with Crippen molar-refractivity contribution in [3.05, 3.63) is 63.8 Å². The summed E-state index contributed by atoms with van der Waals surface area (Å²) < 4.78 is 19.4. The lowest BCUT2D eigenvalue weighted by Crippen LogP contribution is -2.30. The zero-order chi connectivity index (χ0) is 21.8. The van der Waals surface area contributed by atoms with Crippen LogP contribution in [0.15, 0.2) is 46.3 Å². The molecule has 158 valence electrons. The van der Waals surface area contributed by atoms with E-state index in [4.69, 9.17) is 9.84 Å². The lowest BCUT2D eigenvalue weighted by atomic mass is 10.1. The fraction of sp³-hybridized carbons (Fsp3) is 0.304. The molecule has 1 aliphatic heterocycles. The smallest absolute Gasteiger partial charge is 0.271 e. The number of carbonyl (C=O) groups is 1. The van der Waals surface area contributed by atoms with Gasteiger partial charge in [-0.3, -0.25) is 14.7 Å². The number of nitrogens with zero attached hydrogens (tertiary/aromatic N) is 2. The van der Waals surface area contributed by atoms with Gasteiger partial charge in [0.25, 0.3) is 5.91 Å². The van der Waals surface area contributed by atoms with Crippen molar-refractivity contribution in [2.45, 2.75) is 33.7 Å². The van der Waals surface area contributed by atoms with Crippen molar-refractivity contribution in [1.82, 2.24) is 0 Å². The Morgan fingerprint density at radius 2 is 2.03 bits per heavy atom. The van der Waals surface area contributed by atoms with Crippen molar-refractivity contribution < 1.29 is 19.0 Å². The number of aryl methyl sites for hydroxylation is 1. The third-order valence-electron chi connectivity index (χ3n) is 4.59. The molecule has 0 aromatic heterocycles. The summed E-state index contributed by atoms with van der Waals surface area (Å²) >= 11 is 1.28. The first kappa shape index (κ1) is 22.1. The highest BCUT2D eigenvalue weighted by atomic mass is 32.2. The summed E-state index contributed by atoms with van der Waals surface area (Å²) in [6, 6.07) is 10.3. The molecule has 7 heteroatoms. The third-order valence-corrected chi connectivity index (χ3v) is 5.58. The number of halogens is 1. The Bertz CT molecular complexity index is 1020. The monoisotopic (exact) mass is 428 g/mol. The molecule has 0 bridgehead atoms. The van der Waals surface area contributed by atoms with Crippen molar-refractivity contribution in [2.24, 2.45) is 4.99 Å². The maximum Gasteiger partial charge on any atom is 0.271 e. The van der Waals surface area contributed by atoms with Crippen LogP contribution in [0, 0.1) is 19.7 Å². The number of aliphatic imine (C=N–C) groups is 1. The summed E-state index contributed by atoms with van der Waals surface area (Å²) in [4.78, 5) is 20.0. The Morgan fingerprint density at radius 3 is 2.70 bits per heavy atom. The molecule has 1 heterocycles. The number of carbonyl (C=O) groups excluding carboxylic acids is 1. The first-order valence-electron chi connectivity index (χ1n) is 9.73. The molecule has 0 spiro atoms. The van der Waals surface area contributed by atoms with Crippen molar-refractivity contribution in [2.75, 3.05) is 18.1 Å². The average Bonchev–Trinajstić information content (AvgIpc) is 2.97. The van der Waals surface area contributed by atoms with E-state index in [2.05, 4.69) is 4.99 Å². The van der Waals surface area contributed by atoms with Gasteiger partial charge >= 0.3 is 0 Å². The molecule has 0 saturated carbocycles. The Labute approximate surface area is 180 Å². The molecule has 1 saturated heterocycles. The van der Waals surface area contributed by atoms with Gasteiger partial charge in [-0.1, -0.05) is 18.2 Å². The van der Waals surface area contributed by atoms with Gasteiger partial charge in [0, 0.05) is 6.04 Å². The minimum atomic E-state index is -0.546. The normalized spacial score (nSPS) is 16.9. The van der Waals surface area contributed by atoms with E-state index in [1.54, 1.807) is 17.0 Å². The van der Waals surface area contributed by atoms with Gasteiger partial charge in [-0.15, -0.1) is 0 Å². The van der Waals surface area contributed by atoms with E-state index in [-0.39, 0.29) is 30.9 Å². The molecule has 0 atom stereocenters. The quantitative estimate of drug-likeness (QED) is 0.678. The van der Waals surface area contributed by atoms with Gasteiger partial charge in [0.15, 0.2) is 16.7 Å². The summed E-state index contributed by atoms with van der Waals surface area (Å²) in [5.41, 5.74) is 3.45. The lowest BCUT2D eigenvalue weighted by molar-refractivity contribution is -0.113. The van der Waals surface area contributed by atoms with Crippen molar-refractivity contribution in [1.29, 1.82) is 0 Å². The van der Waals surface area contributed by atoms with E-state index >= 15 is 0 Å². The number of anilines is 1. The topological polar surface area (TPSA) is 62.1 Å². The number of hydrogen-bond acceptors (Lipinski definition) is 5. The second-order valence-corrected chi connectivity index (χ2v) is 8.25. The molecule has 1 amide bonds. The maximum atomic E-state index is 14.3. The predicted octanol–water partition coefficient (Wildman–Crippen LogP) is 4.70.